The summed E-state index contributed by atoms with van der Waals surface area (Å²) in [7, 11) is -3.09. The predicted molar refractivity (Wildman–Crippen MR) is 77.1 cm³/mol. The van der Waals surface area contributed by atoms with Crippen molar-refractivity contribution in [1.29, 1.82) is 0 Å². The number of carbonyl (C=O) groups excluding carboxylic acids is 2. The van der Waals surface area contributed by atoms with Gasteiger partial charge in [0.2, 0.25) is 0 Å². The van der Waals surface area contributed by atoms with Crippen LogP contribution in [0.2, 0.25) is 5.02 Å². The largest absolute Gasteiger partial charge is 0.303 e. The Bertz CT molecular complexity index is 669. The van der Waals surface area contributed by atoms with Gasteiger partial charge >= 0.3 is 0 Å². The predicted octanol–water partition coefficient (Wildman–Crippen LogP) is 1.69. The molecule has 0 spiro atoms. The third-order valence-corrected chi connectivity index (χ3v) is 5.31. The SMILES string of the molecule is CCS(=O)(=O)CCCN1C(=O)C(=O)c2cccc(Cl)c21. The highest BCUT2D eigenvalue weighted by atomic mass is 35.5. The summed E-state index contributed by atoms with van der Waals surface area (Å²) in [5, 5.41) is 0.319. The monoisotopic (exact) mass is 315 g/mol. The van der Waals surface area contributed by atoms with E-state index in [1.807, 2.05) is 0 Å². The van der Waals surface area contributed by atoms with Crippen LogP contribution in [-0.2, 0) is 14.6 Å². The fraction of sp³-hybridized carbons (Fsp3) is 0.385. The Morgan fingerprint density at radius 2 is 1.95 bits per heavy atom. The smallest absolute Gasteiger partial charge is 0.299 e. The van der Waals surface area contributed by atoms with E-state index >= 15 is 0 Å². The summed E-state index contributed by atoms with van der Waals surface area (Å²) in [5.41, 5.74) is 0.666. The zero-order chi connectivity index (χ0) is 14.9. The first-order valence-corrected chi connectivity index (χ1v) is 8.42. The van der Waals surface area contributed by atoms with Gasteiger partial charge in [0, 0.05) is 12.3 Å². The first-order chi connectivity index (χ1) is 9.37. The lowest BCUT2D eigenvalue weighted by atomic mass is 10.1. The molecule has 2 rings (SSSR count). The number of hydrogen-bond donors (Lipinski definition) is 0. The molecule has 0 saturated heterocycles. The fourth-order valence-corrected chi connectivity index (χ4v) is 3.25. The van der Waals surface area contributed by atoms with Crippen molar-refractivity contribution in [3.8, 4) is 0 Å². The molecule has 0 atom stereocenters. The van der Waals surface area contributed by atoms with Crippen LogP contribution in [0.3, 0.4) is 0 Å². The van der Waals surface area contributed by atoms with Crippen molar-refractivity contribution in [2.75, 3.05) is 23.0 Å². The molecule has 0 fully saturated rings. The average molecular weight is 316 g/mol. The standard InChI is InChI=1S/C13H14ClNO4S/c1-2-20(18,19)8-4-7-15-11-9(12(16)13(15)17)5-3-6-10(11)14/h3,5-6H,2,4,7-8H2,1H3. The number of sulfone groups is 1. The van der Waals surface area contributed by atoms with E-state index in [0.29, 0.717) is 10.7 Å². The number of benzene rings is 1. The van der Waals surface area contributed by atoms with Gasteiger partial charge in [0.15, 0.2) is 0 Å². The van der Waals surface area contributed by atoms with Crippen molar-refractivity contribution in [2.45, 2.75) is 13.3 Å². The van der Waals surface area contributed by atoms with E-state index < -0.39 is 21.5 Å². The van der Waals surface area contributed by atoms with Crippen LogP contribution in [0.25, 0.3) is 0 Å². The number of halogens is 1. The summed E-state index contributed by atoms with van der Waals surface area (Å²) in [4.78, 5) is 25.0. The van der Waals surface area contributed by atoms with Gasteiger partial charge in [0.25, 0.3) is 11.7 Å². The van der Waals surface area contributed by atoms with Crippen molar-refractivity contribution in [3.05, 3.63) is 28.8 Å². The van der Waals surface area contributed by atoms with Crippen molar-refractivity contribution in [2.24, 2.45) is 0 Å². The van der Waals surface area contributed by atoms with Crippen molar-refractivity contribution in [3.63, 3.8) is 0 Å². The molecule has 1 aromatic rings. The number of rotatable bonds is 5. The zero-order valence-electron chi connectivity index (χ0n) is 10.9. The first-order valence-electron chi connectivity index (χ1n) is 6.22. The summed E-state index contributed by atoms with van der Waals surface area (Å²) in [6.07, 6.45) is 0.278. The van der Waals surface area contributed by atoms with Crippen LogP contribution in [0.5, 0.6) is 0 Å². The molecule has 1 amide bonds. The lowest BCUT2D eigenvalue weighted by Crippen LogP contribution is -2.31. The minimum Gasteiger partial charge on any atom is -0.303 e. The van der Waals surface area contributed by atoms with E-state index in [9.17, 15) is 18.0 Å². The van der Waals surface area contributed by atoms with Crippen LogP contribution in [0, 0.1) is 0 Å². The second-order valence-electron chi connectivity index (χ2n) is 4.51. The van der Waals surface area contributed by atoms with Crippen molar-refractivity contribution >= 4 is 38.8 Å². The quantitative estimate of drug-likeness (QED) is 0.775. The summed E-state index contributed by atoms with van der Waals surface area (Å²) >= 11 is 6.03. The van der Waals surface area contributed by atoms with Crippen LogP contribution in [0.1, 0.15) is 23.7 Å². The number of anilines is 1. The number of amides is 1. The van der Waals surface area contributed by atoms with Crippen molar-refractivity contribution in [1.82, 2.24) is 0 Å². The minimum atomic E-state index is -3.09. The number of para-hydroxylation sites is 1. The molecular weight excluding hydrogens is 302 g/mol. The highest BCUT2D eigenvalue weighted by Crippen LogP contribution is 2.35. The molecule has 1 aromatic carbocycles. The summed E-state index contributed by atoms with van der Waals surface area (Å²) in [6.45, 7) is 1.74. The van der Waals surface area contributed by atoms with Gasteiger partial charge in [-0.25, -0.2) is 8.42 Å². The number of nitrogens with zero attached hydrogens (tertiary/aromatic N) is 1. The molecule has 0 bridgehead atoms. The topological polar surface area (TPSA) is 71.5 Å². The Hall–Kier alpha value is -1.40. The number of fused-ring (bicyclic) bond motifs is 1. The molecular formula is C13H14ClNO4S. The van der Waals surface area contributed by atoms with E-state index in [2.05, 4.69) is 0 Å². The molecule has 108 valence electrons. The van der Waals surface area contributed by atoms with Gasteiger partial charge in [0.1, 0.15) is 9.84 Å². The summed E-state index contributed by atoms with van der Waals surface area (Å²) < 4.78 is 22.9. The van der Waals surface area contributed by atoms with Gasteiger partial charge in [-0.05, 0) is 18.6 Å². The Morgan fingerprint density at radius 3 is 2.60 bits per heavy atom. The van der Waals surface area contributed by atoms with Gasteiger partial charge in [-0.1, -0.05) is 24.6 Å². The number of Topliss-reactive ketones (excluding diaryl/α,β-unsaturated/α-hetero) is 1. The van der Waals surface area contributed by atoms with Crippen molar-refractivity contribution < 1.29 is 18.0 Å². The molecule has 5 nitrogen and oxygen atoms in total. The molecule has 20 heavy (non-hydrogen) atoms. The Kier molecular flexibility index (Phi) is 4.15. The van der Waals surface area contributed by atoms with Crippen LogP contribution in [0.15, 0.2) is 18.2 Å². The van der Waals surface area contributed by atoms with Gasteiger partial charge in [0.05, 0.1) is 22.0 Å². The lowest BCUT2D eigenvalue weighted by molar-refractivity contribution is -0.114. The number of ketones is 1. The molecule has 7 heteroatoms. The molecule has 0 saturated carbocycles. The maximum absolute atomic E-state index is 11.9. The van der Waals surface area contributed by atoms with E-state index in [1.54, 1.807) is 25.1 Å². The Morgan fingerprint density at radius 1 is 1.25 bits per heavy atom. The second kappa shape index (κ2) is 5.54. The second-order valence-corrected chi connectivity index (χ2v) is 7.39. The maximum atomic E-state index is 11.9. The summed E-state index contributed by atoms with van der Waals surface area (Å²) in [6, 6.07) is 4.75. The summed E-state index contributed by atoms with van der Waals surface area (Å²) in [5.74, 6) is -1.19. The van der Waals surface area contributed by atoms with Gasteiger partial charge < -0.3 is 4.90 Å². The average Bonchev–Trinajstić information content (AvgIpc) is 2.65. The normalized spacial score (nSPS) is 14.8. The van der Waals surface area contributed by atoms with Crippen LogP contribution in [-0.4, -0.2) is 38.2 Å². The fourth-order valence-electron chi connectivity index (χ4n) is 2.11. The van der Waals surface area contributed by atoms with E-state index in [1.165, 1.54) is 4.90 Å². The van der Waals surface area contributed by atoms with Crippen LogP contribution >= 0.6 is 11.6 Å². The van der Waals surface area contributed by atoms with Crippen LogP contribution < -0.4 is 4.90 Å². The third-order valence-electron chi connectivity index (χ3n) is 3.22. The highest BCUT2D eigenvalue weighted by Gasteiger charge is 2.36. The number of hydrogen-bond acceptors (Lipinski definition) is 4. The third kappa shape index (κ3) is 2.71. The Balaban J connectivity index is 2.18. The lowest BCUT2D eigenvalue weighted by Gasteiger charge is -2.17. The molecule has 1 aliphatic heterocycles. The van der Waals surface area contributed by atoms with E-state index in [4.69, 9.17) is 11.6 Å². The molecule has 0 aliphatic carbocycles. The maximum Gasteiger partial charge on any atom is 0.299 e. The molecule has 0 aromatic heterocycles. The Labute approximate surface area is 122 Å². The first kappa shape index (κ1) is 15.0. The molecule has 0 radical (unpaired) electrons. The molecule has 0 N–H and O–H groups in total. The number of carbonyl (C=O) groups is 2. The van der Waals surface area contributed by atoms with E-state index in [0.717, 1.165) is 0 Å². The molecule has 0 unspecified atom stereocenters. The van der Waals surface area contributed by atoms with Gasteiger partial charge in [-0.3, -0.25) is 9.59 Å². The van der Waals surface area contributed by atoms with Crippen LogP contribution in [0.4, 0.5) is 5.69 Å². The van der Waals surface area contributed by atoms with Gasteiger partial charge in [-0.2, -0.15) is 0 Å². The zero-order valence-corrected chi connectivity index (χ0v) is 12.5. The molecule has 1 heterocycles. The van der Waals surface area contributed by atoms with Gasteiger partial charge in [-0.15, -0.1) is 0 Å². The highest BCUT2D eigenvalue weighted by molar-refractivity contribution is 7.91. The minimum absolute atomic E-state index is 0.0126. The van der Waals surface area contributed by atoms with E-state index in [-0.39, 0.29) is 30.0 Å². The molecule has 1 aliphatic rings.